The summed E-state index contributed by atoms with van der Waals surface area (Å²) in [5, 5.41) is 3.04. The molecule has 176 valence electrons. The molecule has 0 bridgehead atoms. The predicted octanol–water partition coefficient (Wildman–Crippen LogP) is 4.91. The van der Waals surface area contributed by atoms with E-state index in [4.69, 9.17) is 4.74 Å². The Kier molecular flexibility index (Phi) is 6.84. The van der Waals surface area contributed by atoms with Crippen molar-refractivity contribution >= 4 is 35.0 Å². The van der Waals surface area contributed by atoms with E-state index in [9.17, 15) is 9.59 Å². The van der Waals surface area contributed by atoms with Gasteiger partial charge in [0.2, 0.25) is 0 Å². The fourth-order valence-corrected chi connectivity index (χ4v) is 5.10. The molecule has 3 aromatic rings. The summed E-state index contributed by atoms with van der Waals surface area (Å²) in [4.78, 5) is 32.0. The molecule has 0 aliphatic carbocycles. The van der Waals surface area contributed by atoms with Crippen molar-refractivity contribution in [3.63, 3.8) is 0 Å². The maximum Gasteiger partial charge on any atom is 0.256 e. The quantitative estimate of drug-likeness (QED) is 0.549. The summed E-state index contributed by atoms with van der Waals surface area (Å²) in [5.41, 5.74) is 2.21. The number of hydrogen-bond donors (Lipinski definition) is 1. The second kappa shape index (κ2) is 9.81. The smallest absolute Gasteiger partial charge is 0.256 e. The predicted molar refractivity (Wildman–Crippen MR) is 138 cm³/mol. The molecule has 1 unspecified atom stereocenters. The maximum absolute atomic E-state index is 13.8. The molecular formula is C27H29N3O3S. The minimum absolute atomic E-state index is 0.156. The molecule has 6 nitrogen and oxygen atoms in total. The molecule has 4 rings (SSSR count). The minimum atomic E-state index is -1.07. The Labute approximate surface area is 204 Å². The van der Waals surface area contributed by atoms with Crippen molar-refractivity contribution in [2.24, 2.45) is 0 Å². The summed E-state index contributed by atoms with van der Waals surface area (Å²) < 4.78 is 5.26. The number of benzene rings is 3. The molecule has 1 aliphatic rings. The third-order valence-electron chi connectivity index (χ3n) is 6.10. The highest BCUT2D eigenvalue weighted by atomic mass is 32.2. The van der Waals surface area contributed by atoms with E-state index in [1.54, 1.807) is 12.0 Å². The fourth-order valence-electron chi connectivity index (χ4n) is 3.89. The van der Waals surface area contributed by atoms with Gasteiger partial charge in [0.25, 0.3) is 11.8 Å². The van der Waals surface area contributed by atoms with Gasteiger partial charge in [0.15, 0.2) is 0 Å². The number of hydrogen-bond acceptors (Lipinski definition) is 5. The first-order valence-electron chi connectivity index (χ1n) is 11.1. The van der Waals surface area contributed by atoms with Gasteiger partial charge in [-0.25, -0.2) is 0 Å². The van der Waals surface area contributed by atoms with E-state index < -0.39 is 5.54 Å². The number of nitrogens with one attached hydrogen (secondary N) is 1. The van der Waals surface area contributed by atoms with Crippen LogP contribution in [0.3, 0.4) is 0 Å². The van der Waals surface area contributed by atoms with Gasteiger partial charge in [-0.1, -0.05) is 24.3 Å². The number of fused-ring (bicyclic) bond motifs is 1. The summed E-state index contributed by atoms with van der Waals surface area (Å²) in [7, 11) is 5.56. The normalized spacial score (nSPS) is 17.5. The van der Waals surface area contributed by atoms with Gasteiger partial charge < -0.3 is 19.9 Å². The van der Waals surface area contributed by atoms with Gasteiger partial charge >= 0.3 is 0 Å². The topological polar surface area (TPSA) is 61.9 Å². The summed E-state index contributed by atoms with van der Waals surface area (Å²) in [5.74, 6) is 0.811. The minimum Gasteiger partial charge on any atom is -0.497 e. The second-order valence-electron chi connectivity index (χ2n) is 8.69. The molecular weight excluding hydrogens is 446 g/mol. The van der Waals surface area contributed by atoms with Gasteiger partial charge in [-0.2, -0.15) is 0 Å². The lowest BCUT2D eigenvalue weighted by atomic mass is 9.98. The van der Waals surface area contributed by atoms with Crippen LogP contribution in [-0.2, 0) is 11.3 Å². The lowest BCUT2D eigenvalue weighted by Gasteiger charge is -2.38. The Balaban J connectivity index is 1.67. The van der Waals surface area contributed by atoms with Crippen LogP contribution in [0.15, 0.2) is 77.7 Å². The first kappa shape index (κ1) is 23.7. The van der Waals surface area contributed by atoms with Crippen LogP contribution in [0.2, 0.25) is 0 Å². The standard InChI is InChI=1S/C27H29N3O3S/c1-27(26(32)28-20-11-13-21(14-12-20)29(2)3)18-34-24-8-6-5-7-23(24)25(31)30(27)17-19-9-15-22(33-4)16-10-19/h5-16H,17-18H2,1-4H3,(H,28,32). The van der Waals surface area contributed by atoms with Crippen LogP contribution in [-0.4, -0.2) is 49.2 Å². The molecule has 2 amide bonds. The number of ether oxygens (including phenoxy) is 1. The first-order chi connectivity index (χ1) is 16.3. The molecule has 0 saturated carbocycles. The lowest BCUT2D eigenvalue weighted by molar-refractivity contribution is -0.125. The summed E-state index contributed by atoms with van der Waals surface area (Å²) >= 11 is 1.54. The Morgan fingerprint density at radius 2 is 1.74 bits per heavy atom. The van der Waals surface area contributed by atoms with Crippen LogP contribution in [0.5, 0.6) is 5.75 Å². The SMILES string of the molecule is COc1ccc(CN2C(=O)c3ccccc3SCC2(C)C(=O)Nc2ccc(N(C)C)cc2)cc1. The molecule has 0 spiro atoms. The molecule has 34 heavy (non-hydrogen) atoms. The van der Waals surface area contributed by atoms with Gasteiger partial charge in [0, 0.05) is 42.7 Å². The van der Waals surface area contributed by atoms with Crippen molar-refractivity contribution in [2.75, 3.05) is 37.2 Å². The first-order valence-corrected chi connectivity index (χ1v) is 12.1. The van der Waals surface area contributed by atoms with E-state index in [2.05, 4.69) is 5.32 Å². The Hall–Kier alpha value is -3.45. The average molecular weight is 476 g/mol. The van der Waals surface area contributed by atoms with Crippen molar-refractivity contribution in [1.29, 1.82) is 0 Å². The van der Waals surface area contributed by atoms with Crippen LogP contribution < -0.4 is 15.0 Å². The molecule has 0 fully saturated rings. The largest absolute Gasteiger partial charge is 0.497 e. The highest BCUT2D eigenvalue weighted by Crippen LogP contribution is 2.37. The number of nitrogens with zero attached hydrogens (tertiary/aromatic N) is 2. The zero-order chi connectivity index (χ0) is 24.3. The fraction of sp³-hybridized carbons (Fsp3) is 0.259. The molecule has 0 saturated heterocycles. The highest BCUT2D eigenvalue weighted by molar-refractivity contribution is 7.99. The molecule has 1 atom stereocenters. The van der Waals surface area contributed by atoms with Gasteiger partial charge in [0.05, 0.1) is 12.7 Å². The number of carbonyl (C=O) groups excluding carboxylic acids is 2. The van der Waals surface area contributed by atoms with Crippen molar-refractivity contribution in [2.45, 2.75) is 23.9 Å². The van der Waals surface area contributed by atoms with E-state index in [-0.39, 0.29) is 11.8 Å². The number of rotatable bonds is 6. The zero-order valence-electron chi connectivity index (χ0n) is 19.9. The molecule has 7 heteroatoms. The zero-order valence-corrected chi connectivity index (χ0v) is 20.7. The van der Waals surface area contributed by atoms with Crippen molar-refractivity contribution < 1.29 is 14.3 Å². The molecule has 1 aliphatic heterocycles. The van der Waals surface area contributed by atoms with E-state index in [1.165, 1.54) is 11.8 Å². The number of methoxy groups -OCH3 is 1. The summed E-state index contributed by atoms with van der Waals surface area (Å²) in [6.45, 7) is 2.15. The van der Waals surface area contributed by atoms with Crippen LogP contribution in [0.4, 0.5) is 11.4 Å². The van der Waals surface area contributed by atoms with Gasteiger partial charge in [-0.3, -0.25) is 9.59 Å². The van der Waals surface area contributed by atoms with E-state index >= 15 is 0 Å². The molecule has 0 radical (unpaired) electrons. The van der Waals surface area contributed by atoms with Gasteiger partial charge in [0.1, 0.15) is 11.3 Å². The van der Waals surface area contributed by atoms with E-state index in [0.717, 1.165) is 21.9 Å². The van der Waals surface area contributed by atoms with Crippen molar-refractivity contribution in [3.05, 3.63) is 83.9 Å². The van der Waals surface area contributed by atoms with Gasteiger partial charge in [-0.15, -0.1) is 11.8 Å². The molecule has 3 aromatic carbocycles. The third kappa shape index (κ3) is 4.75. The number of carbonyl (C=O) groups is 2. The number of amides is 2. The molecule has 1 N–H and O–H groups in total. The molecule has 0 aromatic heterocycles. The van der Waals surface area contributed by atoms with Gasteiger partial charge in [-0.05, 0) is 61.0 Å². The van der Waals surface area contributed by atoms with Crippen LogP contribution in [0.25, 0.3) is 0 Å². The Bertz CT molecular complexity index is 1180. The van der Waals surface area contributed by atoms with Crippen LogP contribution >= 0.6 is 11.8 Å². The average Bonchev–Trinajstić information content (AvgIpc) is 2.96. The monoisotopic (exact) mass is 475 g/mol. The molecule has 1 heterocycles. The third-order valence-corrected chi connectivity index (χ3v) is 7.47. The maximum atomic E-state index is 13.8. The van der Waals surface area contributed by atoms with Crippen molar-refractivity contribution in [1.82, 2.24) is 4.90 Å². The highest BCUT2D eigenvalue weighted by Gasteiger charge is 2.45. The summed E-state index contributed by atoms with van der Waals surface area (Å²) in [6.07, 6.45) is 0. The van der Waals surface area contributed by atoms with Crippen LogP contribution in [0.1, 0.15) is 22.8 Å². The number of anilines is 2. The van der Waals surface area contributed by atoms with E-state index in [1.807, 2.05) is 98.7 Å². The summed E-state index contributed by atoms with van der Waals surface area (Å²) in [6, 6.07) is 22.8. The second-order valence-corrected chi connectivity index (χ2v) is 9.71. The lowest BCUT2D eigenvalue weighted by Crippen LogP contribution is -2.57. The Morgan fingerprint density at radius 3 is 2.38 bits per heavy atom. The van der Waals surface area contributed by atoms with Crippen LogP contribution in [0, 0.1) is 0 Å². The number of thioether (sulfide) groups is 1. The van der Waals surface area contributed by atoms with Crippen molar-refractivity contribution in [3.8, 4) is 5.75 Å². The Morgan fingerprint density at radius 1 is 1.06 bits per heavy atom. The van der Waals surface area contributed by atoms with E-state index in [0.29, 0.717) is 23.5 Å².